The van der Waals surface area contributed by atoms with Gasteiger partial charge in [0.1, 0.15) is 6.04 Å². The van der Waals surface area contributed by atoms with Crippen molar-refractivity contribution in [2.75, 3.05) is 32.7 Å². The first-order valence-electron chi connectivity index (χ1n) is 16.3. The summed E-state index contributed by atoms with van der Waals surface area (Å²) in [5.41, 5.74) is 4.13. The SMILES string of the molecule is Cc1cn(C[C@@H]2CCCN(C(=O)[C@H]3CN([C@H]4c5ccc(Cl)cc5CCc5cccnc54)CCN3C(=O)CC(C)(C)C(=O)O)C2)cn1. The van der Waals surface area contributed by atoms with Gasteiger partial charge in [-0.25, -0.2) is 4.98 Å². The highest BCUT2D eigenvalue weighted by Crippen LogP contribution is 2.38. The standard InChI is InChI=1S/C35H43ClN6O4/c1-23-18-39(22-38-23)19-24-6-5-13-41(20-24)33(44)29-21-40(14-15-42(29)30(43)17-35(2,3)34(45)46)32-28-11-10-27(36)16-26(28)9-8-25-7-4-12-37-31(25)32/h4,7,10-12,16,18,22,24,29,32H,5-6,8-9,13-15,17,19-21H2,1-3H3,(H,45,46)/t24-,29+,32-/m0/s1. The molecule has 3 atom stereocenters. The molecule has 2 fully saturated rings. The van der Waals surface area contributed by atoms with Gasteiger partial charge in [0.05, 0.1) is 29.2 Å². The van der Waals surface area contributed by atoms with E-state index in [0.29, 0.717) is 37.7 Å². The van der Waals surface area contributed by atoms with E-state index in [1.54, 1.807) is 18.7 Å². The minimum absolute atomic E-state index is 0.0797. The van der Waals surface area contributed by atoms with Crippen molar-refractivity contribution in [2.24, 2.45) is 11.3 Å². The van der Waals surface area contributed by atoms with E-state index in [4.69, 9.17) is 16.6 Å². The molecule has 6 rings (SSSR count). The number of fused-ring (bicyclic) bond motifs is 2. The number of halogens is 1. The average Bonchev–Trinajstić information content (AvgIpc) is 3.36. The van der Waals surface area contributed by atoms with Crippen LogP contribution in [0.2, 0.25) is 5.02 Å². The van der Waals surface area contributed by atoms with Crippen LogP contribution in [-0.4, -0.2) is 90.9 Å². The van der Waals surface area contributed by atoms with Gasteiger partial charge in [-0.1, -0.05) is 23.7 Å². The number of nitrogens with zero attached hydrogens (tertiary/aromatic N) is 6. The molecule has 1 aromatic carbocycles. The summed E-state index contributed by atoms with van der Waals surface area (Å²) in [6.45, 7) is 8.26. The van der Waals surface area contributed by atoms with Crippen molar-refractivity contribution in [1.82, 2.24) is 29.2 Å². The number of aromatic nitrogens is 3. The second kappa shape index (κ2) is 13.2. The molecule has 244 valence electrons. The molecule has 0 spiro atoms. The number of aryl methyl sites for hydroxylation is 3. The summed E-state index contributed by atoms with van der Waals surface area (Å²) in [7, 11) is 0. The van der Waals surface area contributed by atoms with E-state index < -0.39 is 17.4 Å². The van der Waals surface area contributed by atoms with Crippen LogP contribution in [0.5, 0.6) is 0 Å². The van der Waals surface area contributed by atoms with E-state index in [9.17, 15) is 19.5 Å². The predicted octanol–water partition coefficient (Wildman–Crippen LogP) is 4.38. The Kier molecular flexibility index (Phi) is 9.21. The molecule has 1 aliphatic carbocycles. The number of hydrogen-bond acceptors (Lipinski definition) is 6. The van der Waals surface area contributed by atoms with Gasteiger partial charge >= 0.3 is 5.97 Å². The first-order chi connectivity index (χ1) is 22.0. The molecule has 46 heavy (non-hydrogen) atoms. The fourth-order valence-electron chi connectivity index (χ4n) is 7.35. The first kappa shape index (κ1) is 32.2. The van der Waals surface area contributed by atoms with Gasteiger partial charge in [-0.2, -0.15) is 0 Å². The third-order valence-corrected chi connectivity index (χ3v) is 10.1. The third-order valence-electron chi connectivity index (χ3n) is 9.86. The zero-order valence-corrected chi connectivity index (χ0v) is 27.6. The van der Waals surface area contributed by atoms with E-state index in [0.717, 1.165) is 60.3 Å². The van der Waals surface area contributed by atoms with E-state index >= 15 is 0 Å². The maximum Gasteiger partial charge on any atom is 0.309 e. The molecule has 2 amide bonds. The van der Waals surface area contributed by atoms with Crippen LogP contribution in [0.15, 0.2) is 49.1 Å². The van der Waals surface area contributed by atoms with Crippen LogP contribution in [0.1, 0.15) is 67.2 Å². The number of piperidine rings is 1. The Labute approximate surface area is 275 Å². The summed E-state index contributed by atoms with van der Waals surface area (Å²) in [5, 5.41) is 10.5. The van der Waals surface area contributed by atoms with Crippen LogP contribution in [0.4, 0.5) is 0 Å². The summed E-state index contributed by atoms with van der Waals surface area (Å²) >= 11 is 6.45. The monoisotopic (exact) mass is 646 g/mol. The van der Waals surface area contributed by atoms with E-state index in [1.807, 2.05) is 48.7 Å². The molecule has 2 aliphatic heterocycles. The molecule has 0 unspecified atom stereocenters. The predicted molar refractivity (Wildman–Crippen MR) is 174 cm³/mol. The van der Waals surface area contributed by atoms with Crippen LogP contribution in [0.3, 0.4) is 0 Å². The molecule has 11 heteroatoms. The highest BCUT2D eigenvalue weighted by atomic mass is 35.5. The lowest BCUT2D eigenvalue weighted by Crippen LogP contribution is -2.62. The second-order valence-corrected chi connectivity index (χ2v) is 14.2. The summed E-state index contributed by atoms with van der Waals surface area (Å²) < 4.78 is 2.08. The second-order valence-electron chi connectivity index (χ2n) is 13.8. The van der Waals surface area contributed by atoms with Gasteiger partial charge in [-0.3, -0.25) is 24.3 Å². The molecule has 2 aromatic heterocycles. The lowest BCUT2D eigenvalue weighted by atomic mass is 9.88. The first-order valence-corrected chi connectivity index (χ1v) is 16.6. The number of carbonyl (C=O) groups is 3. The molecule has 2 saturated heterocycles. The molecule has 0 bridgehead atoms. The average molecular weight is 647 g/mol. The lowest BCUT2D eigenvalue weighted by Gasteiger charge is -2.46. The molecular weight excluding hydrogens is 604 g/mol. The maximum absolute atomic E-state index is 14.5. The molecule has 0 radical (unpaired) electrons. The molecule has 10 nitrogen and oxygen atoms in total. The molecule has 4 heterocycles. The minimum atomic E-state index is -1.25. The van der Waals surface area contributed by atoms with Crippen LogP contribution in [-0.2, 0) is 33.8 Å². The minimum Gasteiger partial charge on any atom is -0.481 e. The topological polar surface area (TPSA) is 112 Å². The Morgan fingerprint density at radius 3 is 2.61 bits per heavy atom. The van der Waals surface area contributed by atoms with Crippen molar-refractivity contribution in [3.63, 3.8) is 0 Å². The van der Waals surface area contributed by atoms with E-state index in [2.05, 4.69) is 26.6 Å². The molecule has 1 N–H and O–H groups in total. The number of benzene rings is 1. The number of piperazine rings is 1. The number of pyridine rings is 1. The lowest BCUT2D eigenvalue weighted by molar-refractivity contribution is -0.156. The molecule has 3 aliphatic rings. The smallest absolute Gasteiger partial charge is 0.309 e. The van der Waals surface area contributed by atoms with Gasteiger partial charge in [0.2, 0.25) is 11.8 Å². The summed E-state index contributed by atoms with van der Waals surface area (Å²) in [4.78, 5) is 55.4. The van der Waals surface area contributed by atoms with Crippen molar-refractivity contribution in [1.29, 1.82) is 0 Å². The summed E-state index contributed by atoms with van der Waals surface area (Å²) in [6.07, 6.45) is 9.07. The quantitative estimate of drug-likeness (QED) is 0.406. The van der Waals surface area contributed by atoms with Crippen molar-refractivity contribution < 1.29 is 19.5 Å². The van der Waals surface area contributed by atoms with Crippen molar-refractivity contribution in [3.8, 4) is 0 Å². The van der Waals surface area contributed by atoms with Gasteiger partial charge in [0.15, 0.2) is 0 Å². The fraction of sp³-hybridized carbons (Fsp3) is 0.514. The number of carbonyl (C=O) groups excluding carboxylic acids is 2. The van der Waals surface area contributed by atoms with Crippen molar-refractivity contribution >= 4 is 29.4 Å². The Hall–Kier alpha value is -3.76. The number of amides is 2. The zero-order chi connectivity index (χ0) is 32.6. The normalized spacial score (nSPS) is 22.1. The van der Waals surface area contributed by atoms with Gasteiger partial charge in [0.25, 0.3) is 0 Å². The number of rotatable bonds is 7. The molecule has 3 aromatic rings. The number of likely N-dealkylation sites (tertiary alicyclic amines) is 1. The Morgan fingerprint density at radius 1 is 1.04 bits per heavy atom. The number of aliphatic carboxylic acids is 1. The van der Waals surface area contributed by atoms with Crippen LogP contribution >= 0.6 is 11.6 Å². The molecular formula is C35H43ClN6O4. The Morgan fingerprint density at radius 2 is 1.85 bits per heavy atom. The fourth-order valence-corrected chi connectivity index (χ4v) is 7.55. The highest BCUT2D eigenvalue weighted by molar-refractivity contribution is 6.30. The van der Waals surface area contributed by atoms with Crippen molar-refractivity contribution in [3.05, 3.63) is 82.2 Å². The largest absolute Gasteiger partial charge is 0.481 e. The van der Waals surface area contributed by atoms with Gasteiger partial charge in [0, 0.05) is 63.1 Å². The van der Waals surface area contributed by atoms with Crippen LogP contribution in [0.25, 0.3) is 0 Å². The van der Waals surface area contributed by atoms with Crippen molar-refractivity contribution in [2.45, 2.75) is 71.5 Å². The maximum atomic E-state index is 14.5. The highest BCUT2D eigenvalue weighted by Gasteiger charge is 2.44. The number of hydrogen-bond donors (Lipinski definition) is 1. The van der Waals surface area contributed by atoms with Crippen LogP contribution in [0, 0.1) is 18.3 Å². The third kappa shape index (κ3) is 6.69. The van der Waals surface area contributed by atoms with E-state index in [-0.39, 0.29) is 30.2 Å². The Balaban J connectivity index is 1.31. The summed E-state index contributed by atoms with van der Waals surface area (Å²) in [5.74, 6) is -1.15. The number of carboxylic acid groups (broad SMARTS) is 1. The van der Waals surface area contributed by atoms with Gasteiger partial charge in [-0.05, 0) is 87.3 Å². The van der Waals surface area contributed by atoms with E-state index in [1.165, 1.54) is 0 Å². The van der Waals surface area contributed by atoms with Gasteiger partial charge < -0.3 is 19.5 Å². The van der Waals surface area contributed by atoms with Gasteiger partial charge in [-0.15, -0.1) is 0 Å². The zero-order valence-electron chi connectivity index (χ0n) is 26.9. The Bertz CT molecular complexity index is 1620. The molecule has 0 saturated carbocycles. The number of carboxylic acids is 1. The summed E-state index contributed by atoms with van der Waals surface area (Å²) in [6, 6.07) is 9.15. The van der Waals surface area contributed by atoms with Crippen LogP contribution < -0.4 is 0 Å². The number of imidazole rings is 1.